The Kier molecular flexibility index (Phi) is 6.29. The van der Waals surface area contributed by atoms with Crippen LogP contribution in [0.5, 0.6) is 0 Å². The van der Waals surface area contributed by atoms with E-state index < -0.39 is 0 Å². The van der Waals surface area contributed by atoms with Gasteiger partial charge in [-0.25, -0.2) is 0 Å². The van der Waals surface area contributed by atoms with Gasteiger partial charge in [0.05, 0.1) is 4.92 Å². The molecule has 1 atom stereocenters. The Hall–Kier alpha value is -2.89. The maximum Gasteiger partial charge on any atom is 0.292 e. The van der Waals surface area contributed by atoms with Crippen LogP contribution in [0.15, 0.2) is 42.5 Å². The normalized spacial score (nSPS) is 15.6. The fourth-order valence-electron chi connectivity index (χ4n) is 3.93. The Morgan fingerprint density at radius 1 is 1.11 bits per heavy atom. The molecule has 1 N–H and O–H groups in total. The highest BCUT2D eigenvalue weighted by Crippen LogP contribution is 2.35. The van der Waals surface area contributed by atoms with Crippen molar-refractivity contribution in [3.63, 3.8) is 0 Å². The van der Waals surface area contributed by atoms with Crippen molar-refractivity contribution < 1.29 is 9.72 Å². The zero-order chi connectivity index (χ0) is 20.1. The fourth-order valence-corrected chi connectivity index (χ4v) is 3.93. The van der Waals surface area contributed by atoms with E-state index in [1.165, 1.54) is 12.8 Å². The molecule has 1 aliphatic rings. The minimum atomic E-state index is -0.291. The van der Waals surface area contributed by atoms with Crippen LogP contribution in [0.1, 0.15) is 60.0 Å². The number of nitro benzene ring substituents is 1. The van der Waals surface area contributed by atoms with Crippen LogP contribution in [0, 0.1) is 10.1 Å². The van der Waals surface area contributed by atoms with Gasteiger partial charge in [-0.2, -0.15) is 0 Å². The Balaban J connectivity index is 1.98. The summed E-state index contributed by atoms with van der Waals surface area (Å²) in [5, 5.41) is 14.5. The molecule has 0 spiro atoms. The molecule has 2 aromatic carbocycles. The summed E-state index contributed by atoms with van der Waals surface area (Å²) in [5.74, 6) is -0.288. The molecule has 0 bridgehead atoms. The smallest absolute Gasteiger partial charge is 0.292 e. The first kappa shape index (κ1) is 19.9. The number of nitrogens with zero attached hydrogens (tertiary/aromatic N) is 2. The predicted octanol–water partition coefficient (Wildman–Crippen LogP) is 4.49. The molecule has 1 saturated heterocycles. The first-order chi connectivity index (χ1) is 13.5. The second-order valence-electron chi connectivity index (χ2n) is 7.29. The number of carbonyl (C=O) groups is 1. The SMILES string of the molecule is CNC(=O)c1ccccc1C(C)c1ccc(N2CCCCCC2)c([N+](=O)[O-])c1. The van der Waals surface area contributed by atoms with Crippen molar-refractivity contribution in [1.82, 2.24) is 5.32 Å². The zero-order valence-corrected chi connectivity index (χ0v) is 16.5. The van der Waals surface area contributed by atoms with Gasteiger partial charge in [0.2, 0.25) is 0 Å². The van der Waals surface area contributed by atoms with Crippen LogP contribution in [-0.4, -0.2) is 31.0 Å². The number of hydrogen-bond donors (Lipinski definition) is 1. The van der Waals surface area contributed by atoms with Gasteiger partial charge in [-0.15, -0.1) is 0 Å². The quantitative estimate of drug-likeness (QED) is 0.612. The number of carbonyl (C=O) groups excluding carboxylic acids is 1. The van der Waals surface area contributed by atoms with Gasteiger partial charge >= 0.3 is 0 Å². The first-order valence-corrected chi connectivity index (χ1v) is 9.87. The summed E-state index contributed by atoms with van der Waals surface area (Å²) in [4.78, 5) is 25.9. The van der Waals surface area contributed by atoms with E-state index in [4.69, 9.17) is 0 Å². The van der Waals surface area contributed by atoms with Gasteiger partial charge in [0.1, 0.15) is 5.69 Å². The lowest BCUT2D eigenvalue weighted by Gasteiger charge is -2.23. The lowest BCUT2D eigenvalue weighted by molar-refractivity contribution is -0.384. The molecule has 6 nitrogen and oxygen atoms in total. The summed E-state index contributed by atoms with van der Waals surface area (Å²) in [5.41, 5.74) is 3.13. The van der Waals surface area contributed by atoms with Crippen molar-refractivity contribution in [3.8, 4) is 0 Å². The summed E-state index contributed by atoms with van der Waals surface area (Å²) in [7, 11) is 1.60. The topological polar surface area (TPSA) is 75.5 Å². The number of amides is 1. The monoisotopic (exact) mass is 381 g/mol. The maximum absolute atomic E-state index is 12.2. The van der Waals surface area contributed by atoms with Crippen LogP contribution < -0.4 is 10.2 Å². The number of hydrogen-bond acceptors (Lipinski definition) is 4. The molecule has 3 rings (SSSR count). The Morgan fingerprint density at radius 3 is 2.43 bits per heavy atom. The van der Waals surface area contributed by atoms with E-state index >= 15 is 0 Å². The molecule has 0 aliphatic carbocycles. The molecule has 2 aromatic rings. The molecule has 1 fully saturated rings. The summed E-state index contributed by atoms with van der Waals surface area (Å²) in [6.07, 6.45) is 4.48. The fraction of sp³-hybridized carbons (Fsp3) is 0.409. The third-order valence-electron chi connectivity index (χ3n) is 5.54. The standard InChI is InChI=1S/C22H27N3O3/c1-16(18-9-5-6-10-19(18)22(26)23-2)17-11-12-20(21(15-17)25(27)28)24-13-7-3-4-8-14-24/h5-6,9-12,15-16H,3-4,7-8,13-14H2,1-2H3,(H,23,26). The van der Waals surface area contributed by atoms with E-state index in [-0.39, 0.29) is 22.4 Å². The third kappa shape index (κ3) is 4.16. The number of benzene rings is 2. The average Bonchev–Trinajstić information content (AvgIpc) is 3.01. The summed E-state index contributed by atoms with van der Waals surface area (Å²) < 4.78 is 0. The van der Waals surface area contributed by atoms with Crippen molar-refractivity contribution in [2.75, 3.05) is 25.0 Å². The van der Waals surface area contributed by atoms with Crippen LogP contribution in [0.4, 0.5) is 11.4 Å². The van der Waals surface area contributed by atoms with E-state index in [0.717, 1.165) is 37.1 Å². The van der Waals surface area contributed by atoms with E-state index in [1.807, 2.05) is 37.3 Å². The number of anilines is 1. The Morgan fingerprint density at radius 2 is 1.79 bits per heavy atom. The molecule has 1 heterocycles. The van der Waals surface area contributed by atoms with Crippen molar-refractivity contribution in [2.45, 2.75) is 38.5 Å². The van der Waals surface area contributed by atoms with Crippen LogP contribution in [0.3, 0.4) is 0 Å². The molecule has 0 aromatic heterocycles. The van der Waals surface area contributed by atoms with Crippen molar-refractivity contribution >= 4 is 17.3 Å². The number of nitro groups is 1. The minimum Gasteiger partial charge on any atom is -0.366 e. The molecule has 0 radical (unpaired) electrons. The van der Waals surface area contributed by atoms with Crippen LogP contribution >= 0.6 is 0 Å². The Labute approximate surface area is 165 Å². The van der Waals surface area contributed by atoms with Crippen molar-refractivity contribution in [2.24, 2.45) is 0 Å². The highest BCUT2D eigenvalue weighted by atomic mass is 16.6. The maximum atomic E-state index is 12.2. The van der Waals surface area contributed by atoms with E-state index in [9.17, 15) is 14.9 Å². The van der Waals surface area contributed by atoms with Gasteiger partial charge in [0, 0.05) is 37.7 Å². The molecule has 1 unspecified atom stereocenters. The van der Waals surface area contributed by atoms with Gasteiger partial charge in [0.25, 0.3) is 11.6 Å². The predicted molar refractivity (Wildman–Crippen MR) is 111 cm³/mol. The summed E-state index contributed by atoms with van der Waals surface area (Å²) in [6, 6.07) is 12.9. The minimum absolute atomic E-state index is 0.134. The molecule has 1 amide bonds. The molecule has 0 saturated carbocycles. The van der Waals surface area contributed by atoms with Crippen LogP contribution in [0.25, 0.3) is 0 Å². The molecular formula is C22H27N3O3. The second-order valence-corrected chi connectivity index (χ2v) is 7.29. The summed E-state index contributed by atoms with van der Waals surface area (Å²) >= 11 is 0. The van der Waals surface area contributed by atoms with Gasteiger partial charge in [-0.1, -0.05) is 44.0 Å². The molecule has 28 heavy (non-hydrogen) atoms. The van der Waals surface area contributed by atoms with Crippen molar-refractivity contribution in [1.29, 1.82) is 0 Å². The van der Waals surface area contributed by atoms with Crippen LogP contribution in [0.2, 0.25) is 0 Å². The third-order valence-corrected chi connectivity index (χ3v) is 5.54. The zero-order valence-electron chi connectivity index (χ0n) is 16.5. The highest BCUT2D eigenvalue weighted by molar-refractivity contribution is 5.95. The summed E-state index contributed by atoms with van der Waals surface area (Å²) in [6.45, 7) is 3.69. The van der Waals surface area contributed by atoms with E-state index in [2.05, 4.69) is 10.2 Å². The number of rotatable bonds is 5. The lowest BCUT2D eigenvalue weighted by atomic mass is 9.89. The van der Waals surface area contributed by atoms with Gasteiger partial charge in [-0.3, -0.25) is 14.9 Å². The molecule has 1 aliphatic heterocycles. The molecular weight excluding hydrogens is 354 g/mol. The first-order valence-electron chi connectivity index (χ1n) is 9.87. The van der Waals surface area contributed by atoms with Gasteiger partial charge < -0.3 is 10.2 Å². The van der Waals surface area contributed by atoms with Gasteiger partial charge in [0.15, 0.2) is 0 Å². The molecule has 6 heteroatoms. The highest BCUT2D eigenvalue weighted by Gasteiger charge is 2.24. The largest absolute Gasteiger partial charge is 0.366 e. The molecule has 148 valence electrons. The lowest BCUT2D eigenvalue weighted by Crippen LogP contribution is -2.24. The number of nitrogens with one attached hydrogen (secondary N) is 1. The Bertz CT molecular complexity index is 858. The second kappa shape index (κ2) is 8.87. The average molecular weight is 381 g/mol. The van der Waals surface area contributed by atoms with Gasteiger partial charge in [-0.05, 0) is 36.1 Å². The van der Waals surface area contributed by atoms with E-state index in [1.54, 1.807) is 19.2 Å². The van der Waals surface area contributed by atoms with E-state index in [0.29, 0.717) is 11.3 Å². The van der Waals surface area contributed by atoms with Crippen molar-refractivity contribution in [3.05, 3.63) is 69.3 Å². The van der Waals surface area contributed by atoms with Crippen LogP contribution in [-0.2, 0) is 0 Å².